The molecule has 0 atom stereocenters. The SMILES string of the molecule is Cc1noc(C)c1CC(=O)NC(C)(C)CCO. The van der Waals surface area contributed by atoms with Crippen LogP contribution in [0.3, 0.4) is 0 Å². The van der Waals surface area contributed by atoms with E-state index in [4.69, 9.17) is 9.63 Å². The molecule has 5 nitrogen and oxygen atoms in total. The Balaban J connectivity index is 2.62. The third kappa shape index (κ3) is 3.85. The minimum atomic E-state index is -0.398. The van der Waals surface area contributed by atoms with E-state index in [-0.39, 0.29) is 18.9 Å². The van der Waals surface area contributed by atoms with Crippen molar-refractivity contribution in [2.75, 3.05) is 6.61 Å². The van der Waals surface area contributed by atoms with Gasteiger partial charge in [-0.25, -0.2) is 0 Å². The maximum Gasteiger partial charge on any atom is 0.225 e. The molecule has 0 saturated carbocycles. The molecule has 0 aromatic carbocycles. The molecule has 1 amide bonds. The van der Waals surface area contributed by atoms with Crippen LogP contribution in [0.5, 0.6) is 0 Å². The van der Waals surface area contributed by atoms with Crippen molar-refractivity contribution in [2.45, 2.75) is 46.1 Å². The molecule has 1 aromatic rings. The molecule has 5 heteroatoms. The highest BCUT2D eigenvalue weighted by molar-refractivity contribution is 5.79. The Labute approximate surface area is 101 Å². The van der Waals surface area contributed by atoms with Crippen molar-refractivity contribution < 1.29 is 14.4 Å². The lowest BCUT2D eigenvalue weighted by molar-refractivity contribution is -0.122. The summed E-state index contributed by atoms with van der Waals surface area (Å²) in [5, 5.41) is 15.6. The number of carbonyl (C=O) groups is 1. The normalized spacial score (nSPS) is 11.6. The van der Waals surface area contributed by atoms with Gasteiger partial charge in [0.25, 0.3) is 0 Å². The van der Waals surface area contributed by atoms with Gasteiger partial charge in [-0.1, -0.05) is 5.16 Å². The molecular formula is C12H20N2O3. The van der Waals surface area contributed by atoms with Gasteiger partial charge in [-0.2, -0.15) is 0 Å². The summed E-state index contributed by atoms with van der Waals surface area (Å²) in [6.45, 7) is 7.43. The highest BCUT2D eigenvalue weighted by Crippen LogP contribution is 2.14. The standard InChI is InChI=1S/C12H20N2O3/c1-8-10(9(2)17-14-8)7-11(16)13-12(3,4)5-6-15/h15H,5-7H2,1-4H3,(H,13,16). The second-order valence-corrected chi connectivity index (χ2v) is 4.89. The molecule has 17 heavy (non-hydrogen) atoms. The van der Waals surface area contributed by atoms with Crippen LogP contribution in [0.2, 0.25) is 0 Å². The fourth-order valence-electron chi connectivity index (χ4n) is 1.68. The number of amides is 1. The van der Waals surface area contributed by atoms with Crippen molar-refractivity contribution >= 4 is 5.91 Å². The van der Waals surface area contributed by atoms with Gasteiger partial charge in [0.15, 0.2) is 0 Å². The number of nitrogens with one attached hydrogen (secondary N) is 1. The van der Waals surface area contributed by atoms with Crippen molar-refractivity contribution in [2.24, 2.45) is 0 Å². The number of aliphatic hydroxyl groups excluding tert-OH is 1. The summed E-state index contributed by atoms with van der Waals surface area (Å²) in [4.78, 5) is 11.8. The molecule has 0 unspecified atom stereocenters. The van der Waals surface area contributed by atoms with Crippen LogP contribution in [0.1, 0.15) is 37.3 Å². The third-order valence-corrected chi connectivity index (χ3v) is 2.73. The van der Waals surface area contributed by atoms with Crippen molar-refractivity contribution in [3.8, 4) is 0 Å². The fourth-order valence-corrected chi connectivity index (χ4v) is 1.68. The summed E-state index contributed by atoms with van der Waals surface area (Å²) >= 11 is 0. The number of aromatic nitrogens is 1. The molecule has 0 aliphatic carbocycles. The van der Waals surface area contributed by atoms with Crippen LogP contribution in [0, 0.1) is 13.8 Å². The van der Waals surface area contributed by atoms with Gasteiger partial charge in [-0.15, -0.1) is 0 Å². The molecule has 1 heterocycles. The predicted molar refractivity (Wildman–Crippen MR) is 63.6 cm³/mol. The lowest BCUT2D eigenvalue weighted by Crippen LogP contribution is -2.44. The van der Waals surface area contributed by atoms with Gasteiger partial charge in [0.05, 0.1) is 12.1 Å². The highest BCUT2D eigenvalue weighted by Gasteiger charge is 2.21. The second kappa shape index (κ2) is 5.31. The first kappa shape index (κ1) is 13.7. The van der Waals surface area contributed by atoms with Crippen LogP contribution in [0.4, 0.5) is 0 Å². The van der Waals surface area contributed by atoms with Gasteiger partial charge in [0.1, 0.15) is 5.76 Å². The van der Waals surface area contributed by atoms with E-state index >= 15 is 0 Å². The molecule has 1 aromatic heterocycles. The molecule has 96 valence electrons. The summed E-state index contributed by atoms with van der Waals surface area (Å²) < 4.78 is 5.00. The summed E-state index contributed by atoms with van der Waals surface area (Å²) in [5.74, 6) is 0.593. The number of hydrogen-bond acceptors (Lipinski definition) is 4. The number of aliphatic hydroxyl groups is 1. The van der Waals surface area contributed by atoms with E-state index in [2.05, 4.69) is 10.5 Å². The van der Waals surface area contributed by atoms with Crippen molar-refractivity contribution in [1.29, 1.82) is 0 Å². The van der Waals surface area contributed by atoms with Crippen LogP contribution >= 0.6 is 0 Å². The van der Waals surface area contributed by atoms with Crippen LogP contribution < -0.4 is 5.32 Å². The van der Waals surface area contributed by atoms with Gasteiger partial charge in [0.2, 0.25) is 5.91 Å². The molecular weight excluding hydrogens is 220 g/mol. The quantitative estimate of drug-likeness (QED) is 0.808. The Morgan fingerprint density at radius 1 is 1.47 bits per heavy atom. The van der Waals surface area contributed by atoms with E-state index < -0.39 is 5.54 Å². The lowest BCUT2D eigenvalue weighted by atomic mass is 10.0. The van der Waals surface area contributed by atoms with Crippen LogP contribution in [-0.2, 0) is 11.2 Å². The molecule has 0 radical (unpaired) electrons. The van der Waals surface area contributed by atoms with E-state index in [9.17, 15) is 4.79 Å². The number of hydrogen-bond donors (Lipinski definition) is 2. The smallest absolute Gasteiger partial charge is 0.225 e. The average molecular weight is 240 g/mol. The Morgan fingerprint density at radius 3 is 2.59 bits per heavy atom. The fraction of sp³-hybridized carbons (Fsp3) is 0.667. The largest absolute Gasteiger partial charge is 0.396 e. The van der Waals surface area contributed by atoms with Gasteiger partial charge < -0.3 is 14.9 Å². The Hall–Kier alpha value is -1.36. The maximum atomic E-state index is 11.8. The summed E-state index contributed by atoms with van der Waals surface area (Å²) in [5.41, 5.74) is 1.19. The first-order valence-corrected chi connectivity index (χ1v) is 5.69. The zero-order valence-corrected chi connectivity index (χ0v) is 10.8. The lowest BCUT2D eigenvalue weighted by Gasteiger charge is -2.25. The molecule has 0 bridgehead atoms. The zero-order valence-electron chi connectivity index (χ0n) is 10.8. The number of rotatable bonds is 5. The number of nitrogens with zero attached hydrogens (tertiary/aromatic N) is 1. The Kier molecular flexibility index (Phi) is 4.28. The molecule has 0 fully saturated rings. The molecule has 1 rings (SSSR count). The Morgan fingerprint density at radius 2 is 2.12 bits per heavy atom. The summed E-state index contributed by atoms with van der Waals surface area (Å²) in [6, 6.07) is 0. The molecule has 2 N–H and O–H groups in total. The molecule has 0 spiro atoms. The van der Waals surface area contributed by atoms with Crippen molar-refractivity contribution in [3.05, 3.63) is 17.0 Å². The van der Waals surface area contributed by atoms with E-state index in [1.54, 1.807) is 6.92 Å². The van der Waals surface area contributed by atoms with E-state index in [1.807, 2.05) is 20.8 Å². The van der Waals surface area contributed by atoms with Crippen molar-refractivity contribution in [1.82, 2.24) is 10.5 Å². The van der Waals surface area contributed by atoms with Crippen LogP contribution in [0.15, 0.2) is 4.52 Å². The van der Waals surface area contributed by atoms with E-state index in [0.29, 0.717) is 12.2 Å². The minimum Gasteiger partial charge on any atom is -0.396 e. The molecule has 0 saturated heterocycles. The predicted octanol–water partition coefficient (Wildman–Crippen LogP) is 1.11. The summed E-state index contributed by atoms with van der Waals surface area (Å²) in [7, 11) is 0. The van der Waals surface area contributed by atoms with Gasteiger partial charge in [-0.05, 0) is 34.1 Å². The first-order chi connectivity index (χ1) is 7.85. The van der Waals surface area contributed by atoms with Crippen LogP contribution in [0.25, 0.3) is 0 Å². The average Bonchev–Trinajstić information content (AvgIpc) is 2.48. The van der Waals surface area contributed by atoms with E-state index in [0.717, 1.165) is 11.3 Å². The van der Waals surface area contributed by atoms with Gasteiger partial charge in [-0.3, -0.25) is 4.79 Å². The monoisotopic (exact) mass is 240 g/mol. The zero-order chi connectivity index (χ0) is 13.1. The van der Waals surface area contributed by atoms with Gasteiger partial charge >= 0.3 is 0 Å². The Bertz CT molecular complexity index is 377. The first-order valence-electron chi connectivity index (χ1n) is 5.69. The van der Waals surface area contributed by atoms with Gasteiger partial charge in [0, 0.05) is 17.7 Å². The second-order valence-electron chi connectivity index (χ2n) is 4.89. The summed E-state index contributed by atoms with van der Waals surface area (Å²) in [6.07, 6.45) is 0.788. The third-order valence-electron chi connectivity index (χ3n) is 2.73. The van der Waals surface area contributed by atoms with Crippen molar-refractivity contribution in [3.63, 3.8) is 0 Å². The highest BCUT2D eigenvalue weighted by atomic mass is 16.5. The minimum absolute atomic E-state index is 0.0542. The molecule has 0 aliphatic heterocycles. The number of aryl methyl sites for hydroxylation is 2. The maximum absolute atomic E-state index is 11.8. The number of carbonyl (C=O) groups excluding carboxylic acids is 1. The topological polar surface area (TPSA) is 75.4 Å². The van der Waals surface area contributed by atoms with E-state index in [1.165, 1.54) is 0 Å². The van der Waals surface area contributed by atoms with Crippen LogP contribution in [-0.4, -0.2) is 28.3 Å². The molecule has 0 aliphatic rings.